The predicted octanol–water partition coefficient (Wildman–Crippen LogP) is 3.33. The number of hydrogen-bond donors (Lipinski definition) is 2. The van der Waals surface area contributed by atoms with Crippen molar-refractivity contribution in [1.29, 1.82) is 0 Å². The van der Waals surface area contributed by atoms with Gasteiger partial charge in [-0.15, -0.1) is 0 Å². The average molecular weight is 481 g/mol. The highest BCUT2D eigenvalue weighted by atomic mass is 32.1. The monoisotopic (exact) mass is 480 g/mol. The van der Waals surface area contributed by atoms with Crippen molar-refractivity contribution in [3.63, 3.8) is 0 Å². The molecule has 10 heteroatoms. The van der Waals surface area contributed by atoms with E-state index >= 15 is 0 Å². The zero-order valence-corrected chi connectivity index (χ0v) is 21.5. The first-order valence-corrected chi connectivity index (χ1v) is 12.6. The molecule has 1 fully saturated rings. The largest absolute Gasteiger partial charge is 0.358 e. The van der Waals surface area contributed by atoms with Gasteiger partial charge in [-0.1, -0.05) is 25.2 Å². The Morgan fingerprint density at radius 1 is 1.29 bits per heavy atom. The Labute approximate surface area is 203 Å². The average Bonchev–Trinajstić information content (AvgIpc) is 3.50. The summed E-state index contributed by atoms with van der Waals surface area (Å²) in [6.07, 6.45) is 3.67. The number of amides is 1. The van der Waals surface area contributed by atoms with Gasteiger partial charge in [-0.25, -0.2) is 14.5 Å². The van der Waals surface area contributed by atoms with Crippen molar-refractivity contribution in [3.8, 4) is 11.3 Å². The van der Waals surface area contributed by atoms with Crippen molar-refractivity contribution in [2.45, 2.75) is 46.6 Å². The van der Waals surface area contributed by atoms with Crippen LogP contribution in [0.5, 0.6) is 0 Å². The molecule has 0 radical (unpaired) electrons. The van der Waals surface area contributed by atoms with Crippen LogP contribution in [-0.2, 0) is 4.79 Å². The number of nitrogens with one attached hydrogen (secondary N) is 2. The van der Waals surface area contributed by atoms with Gasteiger partial charge < -0.3 is 15.2 Å². The molecule has 0 spiro atoms. The zero-order valence-electron chi connectivity index (χ0n) is 20.6. The van der Waals surface area contributed by atoms with Gasteiger partial charge in [-0.05, 0) is 37.8 Å². The number of piperazine rings is 1. The molecule has 4 aromatic rings. The number of carbonyl (C=O) groups is 1. The number of H-pyrrole nitrogens is 1. The molecule has 1 aliphatic heterocycles. The number of hydrogen-bond acceptors (Lipinski definition) is 7. The van der Waals surface area contributed by atoms with Crippen LogP contribution in [0.1, 0.15) is 43.4 Å². The van der Waals surface area contributed by atoms with Crippen LogP contribution in [0.4, 0.5) is 5.13 Å². The highest BCUT2D eigenvalue weighted by Crippen LogP contribution is 2.41. The summed E-state index contributed by atoms with van der Waals surface area (Å²) >= 11 is 1.72. The maximum absolute atomic E-state index is 11.8. The van der Waals surface area contributed by atoms with Crippen LogP contribution in [0.2, 0.25) is 0 Å². The van der Waals surface area contributed by atoms with Gasteiger partial charge in [-0.3, -0.25) is 9.69 Å². The van der Waals surface area contributed by atoms with E-state index in [9.17, 15) is 4.79 Å². The van der Waals surface area contributed by atoms with Crippen LogP contribution in [0, 0.1) is 13.8 Å². The summed E-state index contributed by atoms with van der Waals surface area (Å²) in [7, 11) is 1.69. The predicted molar refractivity (Wildman–Crippen MR) is 137 cm³/mol. The Bertz CT molecular complexity index is 1370. The summed E-state index contributed by atoms with van der Waals surface area (Å²) in [4.78, 5) is 30.7. The third-order valence-corrected chi connectivity index (χ3v) is 7.96. The van der Waals surface area contributed by atoms with Crippen molar-refractivity contribution in [2.75, 3.05) is 38.1 Å². The molecule has 0 aromatic carbocycles. The molecule has 0 saturated carbocycles. The molecule has 1 amide bonds. The highest BCUT2D eigenvalue weighted by Gasteiger charge is 2.29. The lowest BCUT2D eigenvalue weighted by Gasteiger charge is -2.39. The number of aromatic nitrogens is 5. The Morgan fingerprint density at radius 2 is 2.09 bits per heavy atom. The Balaban J connectivity index is 1.50. The van der Waals surface area contributed by atoms with E-state index < -0.39 is 0 Å². The highest BCUT2D eigenvalue weighted by molar-refractivity contribution is 7.21. The molecule has 1 atom stereocenters. The summed E-state index contributed by atoms with van der Waals surface area (Å²) < 4.78 is 1.86. The fourth-order valence-corrected chi connectivity index (χ4v) is 6.08. The SMILES string of the molecule is CNC(=O)CN1CCN(c2nc3c(C(C)C)c(-c4cn5ncnc5c(C)c4C)[nH]c3s2)[C@H](C)C1. The van der Waals surface area contributed by atoms with Gasteiger partial charge >= 0.3 is 0 Å². The van der Waals surface area contributed by atoms with Crippen LogP contribution in [0.15, 0.2) is 12.5 Å². The van der Waals surface area contributed by atoms with E-state index in [1.54, 1.807) is 24.7 Å². The second-order valence-corrected chi connectivity index (χ2v) is 10.5. The first kappa shape index (κ1) is 22.8. The van der Waals surface area contributed by atoms with E-state index in [4.69, 9.17) is 4.98 Å². The van der Waals surface area contributed by atoms with Crippen LogP contribution in [0.25, 0.3) is 27.3 Å². The van der Waals surface area contributed by atoms with Crippen molar-refractivity contribution in [2.24, 2.45) is 0 Å². The van der Waals surface area contributed by atoms with Crippen molar-refractivity contribution in [3.05, 3.63) is 29.2 Å². The lowest BCUT2D eigenvalue weighted by atomic mass is 9.96. The summed E-state index contributed by atoms with van der Waals surface area (Å²) in [5, 5.41) is 8.14. The lowest BCUT2D eigenvalue weighted by molar-refractivity contribution is -0.121. The lowest BCUT2D eigenvalue weighted by Crippen LogP contribution is -2.53. The number of likely N-dealkylation sites (N-methyl/N-ethyl adjacent to an activating group) is 1. The molecule has 34 heavy (non-hydrogen) atoms. The van der Waals surface area contributed by atoms with E-state index in [1.807, 2.05) is 4.52 Å². The first-order valence-electron chi connectivity index (χ1n) is 11.8. The van der Waals surface area contributed by atoms with Crippen molar-refractivity contribution < 1.29 is 4.79 Å². The third kappa shape index (κ3) is 3.74. The van der Waals surface area contributed by atoms with Gasteiger partial charge in [0.15, 0.2) is 10.8 Å². The maximum atomic E-state index is 11.8. The number of fused-ring (bicyclic) bond motifs is 2. The molecule has 1 aliphatic rings. The number of aryl methyl sites for hydroxylation is 1. The Hall–Kier alpha value is -2.98. The van der Waals surface area contributed by atoms with Crippen LogP contribution in [0.3, 0.4) is 0 Å². The third-order valence-electron chi connectivity index (χ3n) is 6.96. The van der Waals surface area contributed by atoms with Crippen molar-refractivity contribution in [1.82, 2.24) is 34.8 Å². The van der Waals surface area contributed by atoms with Gasteiger partial charge in [0.2, 0.25) is 5.91 Å². The number of nitrogens with zero attached hydrogens (tertiary/aromatic N) is 6. The van der Waals surface area contributed by atoms with E-state index in [0.29, 0.717) is 12.5 Å². The van der Waals surface area contributed by atoms with E-state index in [2.05, 4.69) is 71.0 Å². The number of carbonyl (C=O) groups excluding carboxylic acids is 1. The molecular weight excluding hydrogens is 448 g/mol. The smallest absolute Gasteiger partial charge is 0.233 e. The van der Waals surface area contributed by atoms with E-state index in [-0.39, 0.29) is 11.9 Å². The summed E-state index contributed by atoms with van der Waals surface area (Å²) in [5.41, 5.74) is 7.80. The standard InChI is InChI=1S/C24H32N8OS/c1-13(2)19-20(17-10-32-22(26-12-27-32)16(5)15(17)4)28-23-21(19)29-24(34-23)31-8-7-30(9-14(31)3)11-18(33)25-6/h10,12-14,28H,7-9,11H2,1-6H3,(H,25,33)/t14-/m1/s1. The molecule has 1 saturated heterocycles. The summed E-state index contributed by atoms with van der Waals surface area (Å²) in [5.74, 6) is 0.374. The molecule has 2 N–H and O–H groups in total. The normalized spacial score (nSPS) is 17.4. The molecule has 9 nitrogen and oxygen atoms in total. The Kier molecular flexibility index (Phi) is 5.81. The molecule has 0 bridgehead atoms. The quantitative estimate of drug-likeness (QED) is 0.455. The van der Waals surface area contributed by atoms with Gasteiger partial charge in [0.05, 0.1) is 12.2 Å². The summed E-state index contributed by atoms with van der Waals surface area (Å²) in [6, 6.07) is 0.287. The van der Waals surface area contributed by atoms with E-state index in [1.165, 1.54) is 11.1 Å². The molecule has 0 aliphatic carbocycles. The van der Waals surface area contributed by atoms with Crippen molar-refractivity contribution >= 4 is 38.4 Å². The number of anilines is 1. The molecule has 5 rings (SSSR count). The number of thiazole rings is 1. The molecular formula is C24H32N8OS. The molecule has 4 aromatic heterocycles. The fourth-order valence-electron chi connectivity index (χ4n) is 4.97. The fraction of sp³-hybridized carbons (Fsp3) is 0.500. The van der Waals surface area contributed by atoms with Crippen LogP contribution in [-0.4, -0.2) is 74.6 Å². The molecule has 5 heterocycles. The van der Waals surface area contributed by atoms with Crippen LogP contribution < -0.4 is 10.2 Å². The molecule has 180 valence electrons. The maximum Gasteiger partial charge on any atom is 0.233 e. The summed E-state index contributed by atoms with van der Waals surface area (Å²) in [6.45, 7) is 13.9. The van der Waals surface area contributed by atoms with Gasteiger partial charge in [0.25, 0.3) is 0 Å². The topological polar surface area (TPSA) is 94.5 Å². The van der Waals surface area contributed by atoms with Gasteiger partial charge in [0, 0.05) is 50.0 Å². The minimum atomic E-state index is 0.0620. The van der Waals surface area contributed by atoms with Gasteiger partial charge in [0.1, 0.15) is 16.7 Å². The first-order chi connectivity index (χ1) is 16.3. The van der Waals surface area contributed by atoms with E-state index in [0.717, 1.165) is 57.6 Å². The minimum Gasteiger partial charge on any atom is -0.358 e. The zero-order chi connectivity index (χ0) is 24.1. The number of rotatable bonds is 5. The minimum absolute atomic E-state index is 0.0620. The van der Waals surface area contributed by atoms with Gasteiger partial charge in [-0.2, -0.15) is 5.10 Å². The molecule has 0 unspecified atom stereocenters. The number of aromatic amines is 1. The second-order valence-electron chi connectivity index (χ2n) is 9.51. The van der Waals surface area contributed by atoms with Crippen LogP contribution >= 0.6 is 11.3 Å². The Morgan fingerprint density at radius 3 is 2.79 bits per heavy atom. The number of pyridine rings is 1. The second kappa shape index (κ2) is 8.66.